The van der Waals surface area contributed by atoms with E-state index in [0.29, 0.717) is 29.8 Å². The van der Waals surface area contributed by atoms with Crippen LogP contribution in [0.4, 0.5) is 5.82 Å². The summed E-state index contributed by atoms with van der Waals surface area (Å²) in [7, 11) is 1.63. The molecule has 9 heteroatoms. The number of rotatable bonds is 6. The fourth-order valence-corrected chi connectivity index (χ4v) is 3.89. The van der Waals surface area contributed by atoms with Crippen LogP contribution < -0.4 is 14.6 Å². The molecule has 0 aliphatic carbocycles. The molecule has 1 saturated heterocycles. The summed E-state index contributed by atoms with van der Waals surface area (Å²) in [5.74, 6) is 2.99. The number of aromatic nitrogens is 4. The number of methoxy groups -OCH3 is 1. The first-order valence-electron chi connectivity index (χ1n) is 9.42. The molecule has 0 atom stereocenters. The van der Waals surface area contributed by atoms with Crippen LogP contribution >= 0.6 is 11.8 Å². The van der Waals surface area contributed by atoms with Crippen molar-refractivity contribution in [1.29, 1.82) is 0 Å². The monoisotopic (exact) mass is 411 g/mol. The molecular formula is C20H23N6O2S+. The number of H-pyrrole nitrogens is 2. The third-order valence-corrected chi connectivity index (χ3v) is 5.65. The van der Waals surface area contributed by atoms with Gasteiger partial charge in [-0.25, -0.2) is 9.97 Å². The first-order valence-corrected chi connectivity index (χ1v) is 10.4. The summed E-state index contributed by atoms with van der Waals surface area (Å²) in [5.41, 5.74) is 0.922. The zero-order valence-electron chi connectivity index (χ0n) is 16.2. The molecule has 1 aliphatic heterocycles. The second-order valence-corrected chi connectivity index (χ2v) is 7.54. The third-order valence-electron chi connectivity index (χ3n) is 4.82. The quantitative estimate of drug-likeness (QED) is 0.622. The van der Waals surface area contributed by atoms with Gasteiger partial charge < -0.3 is 9.64 Å². The molecule has 1 amide bonds. The molecule has 29 heavy (non-hydrogen) atoms. The summed E-state index contributed by atoms with van der Waals surface area (Å²) in [6.45, 7) is 3.07. The minimum absolute atomic E-state index is 0.113. The topological polar surface area (TPSA) is 88.5 Å². The third kappa shape index (κ3) is 4.68. The van der Waals surface area contributed by atoms with Crippen LogP contribution in [0.5, 0.6) is 5.75 Å². The number of ether oxygens (including phenoxy) is 1. The normalized spacial score (nSPS) is 14.1. The molecule has 0 unspecified atom stereocenters. The Bertz CT molecular complexity index is 939. The minimum atomic E-state index is 0.113. The van der Waals surface area contributed by atoms with Gasteiger partial charge in [0.1, 0.15) is 18.8 Å². The molecule has 1 aliphatic rings. The van der Waals surface area contributed by atoms with E-state index in [1.54, 1.807) is 7.11 Å². The van der Waals surface area contributed by atoms with Gasteiger partial charge in [0.05, 0.1) is 32.1 Å². The van der Waals surface area contributed by atoms with Gasteiger partial charge in [-0.15, -0.1) is 5.10 Å². The minimum Gasteiger partial charge on any atom is -0.497 e. The van der Waals surface area contributed by atoms with Crippen LogP contribution in [-0.2, 0) is 4.79 Å². The van der Waals surface area contributed by atoms with E-state index in [2.05, 4.69) is 31.1 Å². The van der Waals surface area contributed by atoms with Crippen LogP contribution in [-0.4, -0.2) is 65.0 Å². The van der Waals surface area contributed by atoms with Gasteiger partial charge in [-0.05, 0) is 30.3 Å². The lowest BCUT2D eigenvalue weighted by atomic mass is 10.2. The molecule has 0 radical (unpaired) electrons. The SMILES string of the molecule is COc1ccc(-c2nc(SCC(=O)N3CCN(c4cccc[nH+]4)CC3)n[nH]2)cc1. The average Bonchev–Trinajstić information content (AvgIpc) is 3.27. The fourth-order valence-electron chi connectivity index (χ4n) is 3.18. The molecule has 1 fully saturated rings. The average molecular weight is 412 g/mol. The summed E-state index contributed by atoms with van der Waals surface area (Å²) < 4.78 is 5.17. The second kappa shape index (κ2) is 8.95. The van der Waals surface area contributed by atoms with Gasteiger partial charge in [-0.2, -0.15) is 0 Å². The van der Waals surface area contributed by atoms with E-state index in [9.17, 15) is 4.79 Å². The maximum atomic E-state index is 12.6. The van der Waals surface area contributed by atoms with Crippen molar-refractivity contribution < 1.29 is 14.5 Å². The van der Waals surface area contributed by atoms with Crippen LogP contribution in [0.25, 0.3) is 11.4 Å². The van der Waals surface area contributed by atoms with E-state index in [0.717, 1.165) is 30.2 Å². The first-order chi connectivity index (χ1) is 14.2. The zero-order valence-corrected chi connectivity index (χ0v) is 17.0. The van der Waals surface area contributed by atoms with E-state index in [-0.39, 0.29) is 5.91 Å². The number of thioether (sulfide) groups is 1. The molecule has 4 rings (SSSR count). The van der Waals surface area contributed by atoms with E-state index in [4.69, 9.17) is 4.74 Å². The Morgan fingerprint density at radius 3 is 2.66 bits per heavy atom. The largest absolute Gasteiger partial charge is 0.497 e. The second-order valence-electron chi connectivity index (χ2n) is 6.60. The van der Waals surface area contributed by atoms with Crippen molar-refractivity contribution in [3.05, 3.63) is 48.7 Å². The summed E-state index contributed by atoms with van der Waals surface area (Å²) in [4.78, 5) is 24.4. The Morgan fingerprint density at radius 1 is 1.17 bits per heavy atom. The van der Waals surface area contributed by atoms with E-state index in [1.807, 2.05) is 47.5 Å². The predicted molar refractivity (Wildman–Crippen MR) is 111 cm³/mol. The Labute approximate surface area is 173 Å². The van der Waals surface area contributed by atoms with E-state index in [1.165, 1.54) is 11.8 Å². The number of carbonyl (C=O) groups is 1. The number of pyridine rings is 1. The van der Waals surface area contributed by atoms with Crippen molar-refractivity contribution in [2.75, 3.05) is 43.9 Å². The Morgan fingerprint density at radius 2 is 1.97 bits per heavy atom. The number of anilines is 1. The summed E-state index contributed by atoms with van der Waals surface area (Å²) in [6.07, 6.45) is 1.92. The highest BCUT2D eigenvalue weighted by molar-refractivity contribution is 7.99. The van der Waals surface area contributed by atoms with Crippen molar-refractivity contribution in [2.24, 2.45) is 0 Å². The number of nitrogens with zero attached hydrogens (tertiary/aromatic N) is 4. The standard InChI is InChI=1S/C20H22N6O2S/c1-28-16-7-5-15(6-8-16)19-22-20(24-23-19)29-14-18(27)26-12-10-25(11-13-26)17-4-2-3-9-21-17/h2-9H,10-14H2,1H3,(H,22,23,24)/p+1. The number of benzene rings is 1. The van der Waals surface area contributed by atoms with Gasteiger partial charge >= 0.3 is 0 Å². The van der Waals surface area contributed by atoms with Crippen molar-refractivity contribution in [2.45, 2.75) is 5.16 Å². The Kier molecular flexibility index (Phi) is 5.95. The lowest BCUT2D eigenvalue weighted by molar-refractivity contribution is -0.364. The molecule has 150 valence electrons. The van der Waals surface area contributed by atoms with Crippen LogP contribution in [0.2, 0.25) is 0 Å². The Balaban J connectivity index is 1.27. The van der Waals surface area contributed by atoms with E-state index < -0.39 is 0 Å². The van der Waals surface area contributed by atoms with Crippen molar-refractivity contribution in [1.82, 2.24) is 20.1 Å². The number of piperazine rings is 1. The van der Waals surface area contributed by atoms with Gasteiger partial charge in [0.25, 0.3) is 5.82 Å². The summed E-state index contributed by atoms with van der Waals surface area (Å²) in [6, 6.07) is 13.6. The molecule has 2 aromatic heterocycles. The van der Waals surface area contributed by atoms with Gasteiger partial charge in [0, 0.05) is 11.6 Å². The van der Waals surface area contributed by atoms with Crippen molar-refractivity contribution in [3.8, 4) is 17.1 Å². The highest BCUT2D eigenvalue weighted by atomic mass is 32.2. The molecular weight excluding hydrogens is 388 g/mol. The molecule has 1 aromatic carbocycles. The van der Waals surface area contributed by atoms with Gasteiger partial charge in [-0.3, -0.25) is 14.8 Å². The molecule has 0 bridgehead atoms. The number of hydrogen-bond donors (Lipinski definition) is 1. The highest BCUT2D eigenvalue weighted by Crippen LogP contribution is 2.22. The van der Waals surface area contributed by atoms with Gasteiger partial charge in [0.15, 0.2) is 5.82 Å². The van der Waals surface area contributed by atoms with Crippen molar-refractivity contribution >= 4 is 23.5 Å². The van der Waals surface area contributed by atoms with Crippen molar-refractivity contribution in [3.63, 3.8) is 0 Å². The highest BCUT2D eigenvalue weighted by Gasteiger charge is 2.26. The number of hydrogen-bond acceptors (Lipinski definition) is 6. The Hall–Kier alpha value is -3.07. The molecule has 0 saturated carbocycles. The van der Waals surface area contributed by atoms with Gasteiger partial charge in [0.2, 0.25) is 11.1 Å². The number of nitrogens with one attached hydrogen (secondary N) is 2. The number of aromatic amines is 2. The molecule has 8 nitrogen and oxygen atoms in total. The van der Waals surface area contributed by atoms with Gasteiger partial charge in [-0.1, -0.05) is 17.8 Å². The maximum absolute atomic E-state index is 12.6. The number of carbonyl (C=O) groups excluding carboxylic acids is 1. The molecule has 2 N–H and O–H groups in total. The smallest absolute Gasteiger partial charge is 0.274 e. The lowest BCUT2D eigenvalue weighted by Crippen LogP contribution is -2.50. The zero-order chi connectivity index (χ0) is 20.1. The predicted octanol–water partition coefficient (Wildman–Crippen LogP) is 1.74. The van der Waals surface area contributed by atoms with Crippen LogP contribution in [0.3, 0.4) is 0 Å². The number of amides is 1. The molecule has 0 spiro atoms. The molecule has 3 heterocycles. The van der Waals surface area contributed by atoms with E-state index >= 15 is 0 Å². The maximum Gasteiger partial charge on any atom is 0.274 e. The molecule has 3 aromatic rings. The summed E-state index contributed by atoms with van der Waals surface area (Å²) >= 11 is 1.35. The fraction of sp³-hybridized carbons (Fsp3) is 0.300. The van der Waals surface area contributed by atoms with Crippen LogP contribution in [0.1, 0.15) is 0 Å². The van der Waals surface area contributed by atoms with Crippen LogP contribution in [0.15, 0.2) is 53.8 Å². The summed E-state index contributed by atoms with van der Waals surface area (Å²) in [5, 5.41) is 7.72. The van der Waals surface area contributed by atoms with Crippen LogP contribution in [0, 0.1) is 0 Å². The first kappa shape index (κ1) is 19.3. The lowest BCUT2D eigenvalue weighted by Gasteiger charge is -2.30.